The van der Waals surface area contributed by atoms with Crippen molar-refractivity contribution in [1.82, 2.24) is 9.56 Å². The summed E-state index contributed by atoms with van der Waals surface area (Å²) in [7, 11) is 0. The molecule has 2 aromatic carbocycles. The molecule has 0 bridgehead atoms. The van der Waals surface area contributed by atoms with Gasteiger partial charge in [-0.05, 0) is 56.2 Å². The van der Waals surface area contributed by atoms with E-state index in [0.29, 0.717) is 34.1 Å². The second-order valence-electron chi connectivity index (χ2n) is 7.29. The Morgan fingerprint density at radius 3 is 2.71 bits per heavy atom. The van der Waals surface area contributed by atoms with E-state index < -0.39 is 11.7 Å². The lowest BCUT2D eigenvalue weighted by molar-refractivity contribution is 0.102. The number of amides is 1. The molecule has 8 heteroatoms. The van der Waals surface area contributed by atoms with Gasteiger partial charge in [-0.2, -0.15) is 0 Å². The number of ether oxygens (including phenoxy) is 1. The average Bonchev–Trinajstić information content (AvgIpc) is 3.11. The van der Waals surface area contributed by atoms with Crippen molar-refractivity contribution in [1.29, 1.82) is 0 Å². The zero-order chi connectivity index (χ0) is 22.1. The number of nitrogens with one attached hydrogen (secondary N) is 1. The van der Waals surface area contributed by atoms with Gasteiger partial charge in [-0.1, -0.05) is 12.1 Å². The molecule has 0 fully saturated rings. The van der Waals surface area contributed by atoms with Crippen molar-refractivity contribution < 1.29 is 18.4 Å². The SMILES string of the molecule is Cc1ccc(NC(=O)c2ccc(C)c(F)c2)c(OCc2cc(=O)n3oc(C)cc3n2)c1. The Bertz CT molecular complexity index is 1360. The fourth-order valence-corrected chi connectivity index (χ4v) is 3.08. The van der Waals surface area contributed by atoms with Crippen LogP contribution in [-0.2, 0) is 6.61 Å². The van der Waals surface area contributed by atoms with Crippen molar-refractivity contribution in [3.8, 4) is 5.75 Å². The number of rotatable bonds is 5. The van der Waals surface area contributed by atoms with Crippen molar-refractivity contribution in [2.75, 3.05) is 5.32 Å². The predicted molar refractivity (Wildman–Crippen MR) is 113 cm³/mol. The van der Waals surface area contributed by atoms with Crippen molar-refractivity contribution in [3.05, 3.63) is 92.8 Å². The van der Waals surface area contributed by atoms with Crippen LogP contribution in [0.15, 0.2) is 57.8 Å². The Morgan fingerprint density at radius 2 is 1.94 bits per heavy atom. The summed E-state index contributed by atoms with van der Waals surface area (Å²) in [6.45, 7) is 5.26. The van der Waals surface area contributed by atoms with Crippen molar-refractivity contribution in [3.63, 3.8) is 0 Å². The largest absolute Gasteiger partial charge is 0.485 e. The summed E-state index contributed by atoms with van der Waals surface area (Å²) in [6.07, 6.45) is 0. The molecular formula is C23H20FN3O4. The molecule has 31 heavy (non-hydrogen) atoms. The molecule has 4 rings (SSSR count). The van der Waals surface area contributed by atoms with Crippen LogP contribution >= 0.6 is 0 Å². The van der Waals surface area contributed by atoms with Crippen LogP contribution in [0.4, 0.5) is 10.1 Å². The first-order chi connectivity index (χ1) is 14.8. The first-order valence-electron chi connectivity index (χ1n) is 9.61. The molecule has 0 radical (unpaired) electrons. The molecule has 7 nitrogen and oxygen atoms in total. The molecule has 4 aromatic rings. The molecule has 2 aromatic heterocycles. The first-order valence-corrected chi connectivity index (χ1v) is 9.61. The lowest BCUT2D eigenvalue weighted by Gasteiger charge is -2.13. The highest BCUT2D eigenvalue weighted by molar-refractivity contribution is 6.05. The Kier molecular flexibility index (Phi) is 5.29. The molecule has 0 unspecified atom stereocenters. The van der Waals surface area contributed by atoms with Crippen molar-refractivity contribution >= 4 is 17.2 Å². The second-order valence-corrected chi connectivity index (χ2v) is 7.29. The van der Waals surface area contributed by atoms with Crippen LogP contribution in [0.1, 0.15) is 32.9 Å². The number of aryl methyl sites for hydroxylation is 3. The molecule has 0 saturated heterocycles. The third kappa shape index (κ3) is 4.32. The third-order valence-corrected chi connectivity index (χ3v) is 4.72. The Morgan fingerprint density at radius 1 is 1.13 bits per heavy atom. The molecule has 0 spiro atoms. The Hall–Kier alpha value is -3.94. The van der Waals surface area contributed by atoms with Gasteiger partial charge in [0.25, 0.3) is 11.5 Å². The summed E-state index contributed by atoms with van der Waals surface area (Å²) >= 11 is 0. The molecule has 0 aliphatic heterocycles. The van der Waals surface area contributed by atoms with Gasteiger partial charge in [0.05, 0.1) is 11.4 Å². The number of hydrogen-bond donors (Lipinski definition) is 1. The van der Waals surface area contributed by atoms with Gasteiger partial charge in [-0.3, -0.25) is 9.59 Å². The number of benzene rings is 2. The van der Waals surface area contributed by atoms with Gasteiger partial charge in [-0.25, -0.2) is 9.37 Å². The molecule has 0 saturated carbocycles. The van der Waals surface area contributed by atoms with Crippen LogP contribution in [0, 0.1) is 26.6 Å². The molecule has 0 aliphatic rings. The second kappa shape index (κ2) is 8.06. The number of aromatic nitrogens is 2. The van der Waals surface area contributed by atoms with Gasteiger partial charge in [-0.15, -0.1) is 4.57 Å². The van der Waals surface area contributed by atoms with Gasteiger partial charge < -0.3 is 14.6 Å². The van der Waals surface area contributed by atoms with E-state index in [-0.39, 0.29) is 17.7 Å². The average molecular weight is 421 g/mol. The number of carbonyl (C=O) groups is 1. The van der Waals surface area contributed by atoms with Crippen LogP contribution in [0.2, 0.25) is 0 Å². The zero-order valence-corrected chi connectivity index (χ0v) is 17.2. The van der Waals surface area contributed by atoms with E-state index in [0.717, 1.165) is 10.1 Å². The highest BCUT2D eigenvalue weighted by atomic mass is 19.1. The Labute approximate surface area is 177 Å². The van der Waals surface area contributed by atoms with E-state index in [1.54, 1.807) is 44.2 Å². The van der Waals surface area contributed by atoms with Crippen molar-refractivity contribution in [2.45, 2.75) is 27.4 Å². The van der Waals surface area contributed by atoms with Gasteiger partial charge in [0.1, 0.15) is 23.9 Å². The maximum Gasteiger partial charge on any atom is 0.287 e. The summed E-state index contributed by atoms with van der Waals surface area (Å²) in [5.74, 6) is 0.0692. The molecule has 1 N–H and O–H groups in total. The molecule has 1 amide bonds. The highest BCUT2D eigenvalue weighted by Gasteiger charge is 2.13. The predicted octanol–water partition coefficient (Wildman–Crippen LogP) is 4.18. The first kappa shape index (κ1) is 20.3. The maximum absolute atomic E-state index is 13.8. The van der Waals surface area contributed by atoms with Crippen LogP contribution < -0.4 is 15.6 Å². The van der Waals surface area contributed by atoms with E-state index in [1.807, 2.05) is 13.0 Å². The topological polar surface area (TPSA) is 85.8 Å². The maximum atomic E-state index is 13.8. The van der Waals surface area contributed by atoms with E-state index in [1.165, 1.54) is 12.1 Å². The minimum Gasteiger partial charge on any atom is -0.485 e. The summed E-state index contributed by atoms with van der Waals surface area (Å²) < 4.78 is 26.1. The number of anilines is 1. The lowest BCUT2D eigenvalue weighted by Crippen LogP contribution is -2.15. The van der Waals surface area contributed by atoms with E-state index in [2.05, 4.69) is 10.3 Å². The fourth-order valence-electron chi connectivity index (χ4n) is 3.08. The molecule has 0 aliphatic carbocycles. The van der Waals surface area contributed by atoms with Crippen LogP contribution in [0.3, 0.4) is 0 Å². The number of nitrogens with zero attached hydrogens (tertiary/aromatic N) is 2. The molecular weight excluding hydrogens is 401 g/mol. The molecule has 0 atom stereocenters. The van der Waals surface area contributed by atoms with Gasteiger partial charge in [0.15, 0.2) is 5.65 Å². The van der Waals surface area contributed by atoms with E-state index in [9.17, 15) is 14.0 Å². The molecule has 2 heterocycles. The van der Waals surface area contributed by atoms with E-state index in [4.69, 9.17) is 9.26 Å². The van der Waals surface area contributed by atoms with Crippen LogP contribution in [0.25, 0.3) is 5.65 Å². The Balaban J connectivity index is 1.56. The van der Waals surface area contributed by atoms with Crippen molar-refractivity contribution in [2.24, 2.45) is 0 Å². The number of hydrogen-bond acceptors (Lipinski definition) is 5. The normalized spacial score (nSPS) is 11.0. The van der Waals surface area contributed by atoms with Crippen LogP contribution in [-0.4, -0.2) is 15.5 Å². The minimum absolute atomic E-state index is 0.0153. The highest BCUT2D eigenvalue weighted by Crippen LogP contribution is 2.27. The van der Waals surface area contributed by atoms with Gasteiger partial charge in [0.2, 0.25) is 0 Å². The zero-order valence-electron chi connectivity index (χ0n) is 17.2. The summed E-state index contributed by atoms with van der Waals surface area (Å²) in [5, 5.41) is 2.75. The van der Waals surface area contributed by atoms with Gasteiger partial charge >= 0.3 is 0 Å². The monoisotopic (exact) mass is 421 g/mol. The fraction of sp³-hybridized carbons (Fsp3) is 0.174. The number of fused-ring (bicyclic) bond motifs is 1. The third-order valence-electron chi connectivity index (χ3n) is 4.72. The summed E-state index contributed by atoms with van der Waals surface area (Å²) in [5.41, 5.74) is 2.47. The lowest BCUT2D eigenvalue weighted by atomic mass is 10.1. The minimum atomic E-state index is -0.459. The number of halogens is 1. The van der Waals surface area contributed by atoms with Gasteiger partial charge in [0, 0.05) is 17.7 Å². The summed E-state index contributed by atoms with van der Waals surface area (Å²) in [4.78, 5) is 29.1. The smallest absolute Gasteiger partial charge is 0.287 e. The van der Waals surface area contributed by atoms with Crippen LogP contribution in [0.5, 0.6) is 5.75 Å². The number of carbonyl (C=O) groups excluding carboxylic acids is 1. The standard InChI is InChI=1S/C23H20FN3O4/c1-13-4-7-19(26-23(29)16-6-5-14(2)18(24)10-16)20(8-13)30-12-17-11-22(28)27-21(25-17)9-15(3)31-27/h4-11H,12H2,1-3H3,(H,26,29). The molecule has 158 valence electrons. The van der Waals surface area contributed by atoms with E-state index >= 15 is 0 Å². The summed E-state index contributed by atoms with van der Waals surface area (Å²) in [6, 6.07) is 12.6. The quantitative estimate of drug-likeness (QED) is 0.522.